The molecule has 1 aromatic rings. The van der Waals surface area contributed by atoms with Crippen LogP contribution >= 0.6 is 23.1 Å². The van der Waals surface area contributed by atoms with E-state index in [1.807, 2.05) is 11.8 Å². The maximum atomic E-state index is 11.8. The molecular weight excluding hydrogens is 252 g/mol. The van der Waals surface area contributed by atoms with Crippen molar-refractivity contribution in [1.82, 2.24) is 4.98 Å². The summed E-state index contributed by atoms with van der Waals surface area (Å²) in [6, 6.07) is 0.600. The van der Waals surface area contributed by atoms with Crippen molar-refractivity contribution in [2.45, 2.75) is 31.7 Å². The highest BCUT2D eigenvalue weighted by Crippen LogP contribution is 2.34. The molecule has 1 aromatic heterocycles. The van der Waals surface area contributed by atoms with Crippen LogP contribution < -0.4 is 4.90 Å². The van der Waals surface area contributed by atoms with Gasteiger partial charge in [0.15, 0.2) is 10.9 Å². The predicted octanol–water partition coefficient (Wildman–Crippen LogP) is 2.60. The molecule has 1 saturated heterocycles. The zero-order valence-corrected chi connectivity index (χ0v) is 11.6. The number of hydrogen-bond donors (Lipinski definition) is 0. The second kappa shape index (κ2) is 4.61. The standard InChI is InChI=1S/C12H16N2OS2/c1-14(8-5-6-16-7-8)12-13-9-3-2-4-10(15)11(9)17-12/h8H,2-7H2,1H3. The summed E-state index contributed by atoms with van der Waals surface area (Å²) >= 11 is 3.60. The van der Waals surface area contributed by atoms with E-state index in [1.165, 1.54) is 17.9 Å². The number of aromatic nitrogens is 1. The van der Waals surface area contributed by atoms with Crippen molar-refractivity contribution in [3.8, 4) is 0 Å². The molecule has 2 aliphatic rings. The number of aryl methyl sites for hydroxylation is 1. The summed E-state index contributed by atoms with van der Waals surface area (Å²) in [5.41, 5.74) is 1.04. The number of carbonyl (C=O) groups is 1. The summed E-state index contributed by atoms with van der Waals surface area (Å²) in [5.74, 6) is 2.73. The molecule has 1 unspecified atom stereocenters. The summed E-state index contributed by atoms with van der Waals surface area (Å²) in [6.45, 7) is 0. The van der Waals surface area contributed by atoms with Gasteiger partial charge in [0.2, 0.25) is 0 Å². The second-order valence-corrected chi connectivity index (χ2v) is 6.80. The van der Waals surface area contributed by atoms with Gasteiger partial charge in [0, 0.05) is 25.3 Å². The highest BCUT2D eigenvalue weighted by Gasteiger charge is 2.27. The van der Waals surface area contributed by atoms with Crippen LogP contribution in [-0.4, -0.2) is 35.4 Å². The van der Waals surface area contributed by atoms with Crippen molar-refractivity contribution in [2.24, 2.45) is 0 Å². The van der Waals surface area contributed by atoms with E-state index in [9.17, 15) is 4.79 Å². The van der Waals surface area contributed by atoms with Crippen LogP contribution in [0.25, 0.3) is 0 Å². The maximum Gasteiger partial charge on any atom is 0.186 e. The van der Waals surface area contributed by atoms with Gasteiger partial charge in [-0.2, -0.15) is 11.8 Å². The lowest BCUT2D eigenvalue weighted by Crippen LogP contribution is -2.31. The number of hydrogen-bond acceptors (Lipinski definition) is 5. The van der Waals surface area contributed by atoms with Crippen molar-refractivity contribution in [1.29, 1.82) is 0 Å². The third-order valence-corrected chi connectivity index (χ3v) is 5.89. The summed E-state index contributed by atoms with van der Waals surface area (Å²) in [5, 5.41) is 1.04. The quantitative estimate of drug-likeness (QED) is 0.825. The van der Waals surface area contributed by atoms with Gasteiger partial charge in [0.25, 0.3) is 0 Å². The Morgan fingerprint density at radius 1 is 1.41 bits per heavy atom. The molecule has 1 atom stereocenters. The summed E-state index contributed by atoms with van der Waals surface area (Å²) < 4.78 is 0. The van der Waals surface area contributed by atoms with Crippen molar-refractivity contribution in [3.63, 3.8) is 0 Å². The Bertz CT molecular complexity index is 438. The Morgan fingerprint density at radius 3 is 3.00 bits per heavy atom. The number of carbonyl (C=O) groups excluding carboxylic acids is 1. The molecule has 2 heterocycles. The lowest BCUT2D eigenvalue weighted by atomic mass is 10.0. The Kier molecular flexibility index (Phi) is 3.13. The smallest absolute Gasteiger partial charge is 0.186 e. The number of ketones is 1. The molecular formula is C12H16N2OS2. The van der Waals surface area contributed by atoms with Gasteiger partial charge in [-0.3, -0.25) is 4.79 Å². The third kappa shape index (κ3) is 2.10. The Hall–Kier alpha value is -0.550. The highest BCUT2D eigenvalue weighted by atomic mass is 32.2. The lowest BCUT2D eigenvalue weighted by molar-refractivity contribution is 0.0976. The molecule has 1 aliphatic carbocycles. The average Bonchev–Trinajstić information content (AvgIpc) is 2.98. The van der Waals surface area contributed by atoms with E-state index in [4.69, 9.17) is 0 Å². The van der Waals surface area contributed by atoms with Crippen molar-refractivity contribution >= 4 is 34.0 Å². The fourth-order valence-electron chi connectivity index (χ4n) is 2.39. The topological polar surface area (TPSA) is 33.2 Å². The van der Waals surface area contributed by atoms with Crippen LogP contribution in [-0.2, 0) is 6.42 Å². The first kappa shape index (κ1) is 11.5. The first-order valence-corrected chi connectivity index (χ1v) is 8.06. The van der Waals surface area contributed by atoms with Gasteiger partial charge < -0.3 is 4.90 Å². The molecule has 0 N–H and O–H groups in total. The van der Waals surface area contributed by atoms with Gasteiger partial charge in [0.05, 0.1) is 10.6 Å². The minimum absolute atomic E-state index is 0.296. The monoisotopic (exact) mass is 268 g/mol. The number of anilines is 1. The fraction of sp³-hybridized carbons (Fsp3) is 0.667. The van der Waals surface area contributed by atoms with E-state index in [-0.39, 0.29) is 0 Å². The molecule has 0 amide bonds. The zero-order chi connectivity index (χ0) is 11.8. The van der Waals surface area contributed by atoms with Gasteiger partial charge in [-0.05, 0) is 25.0 Å². The maximum absolute atomic E-state index is 11.8. The van der Waals surface area contributed by atoms with Gasteiger partial charge in [-0.1, -0.05) is 11.3 Å². The first-order chi connectivity index (χ1) is 8.25. The van der Waals surface area contributed by atoms with E-state index in [0.717, 1.165) is 28.5 Å². The van der Waals surface area contributed by atoms with Crippen molar-refractivity contribution in [2.75, 3.05) is 23.5 Å². The number of thioether (sulfide) groups is 1. The van der Waals surface area contributed by atoms with Gasteiger partial charge >= 0.3 is 0 Å². The van der Waals surface area contributed by atoms with Gasteiger partial charge in [0.1, 0.15) is 0 Å². The van der Waals surface area contributed by atoms with Crippen LogP contribution in [0, 0.1) is 0 Å². The van der Waals surface area contributed by atoms with Crippen LogP contribution in [0.15, 0.2) is 0 Å². The van der Waals surface area contributed by atoms with Crippen LogP contribution in [0.1, 0.15) is 34.6 Å². The van der Waals surface area contributed by atoms with Gasteiger partial charge in [-0.15, -0.1) is 0 Å². The summed E-state index contributed by atoms with van der Waals surface area (Å²) in [4.78, 5) is 19.6. The molecule has 1 fully saturated rings. The summed E-state index contributed by atoms with van der Waals surface area (Å²) in [6.07, 6.45) is 3.89. The largest absolute Gasteiger partial charge is 0.347 e. The van der Waals surface area contributed by atoms with Crippen LogP contribution in [0.4, 0.5) is 5.13 Å². The number of nitrogens with zero attached hydrogens (tertiary/aromatic N) is 2. The normalized spacial score (nSPS) is 23.8. The Balaban J connectivity index is 1.86. The van der Waals surface area contributed by atoms with E-state index < -0.39 is 0 Å². The summed E-state index contributed by atoms with van der Waals surface area (Å²) in [7, 11) is 2.12. The molecule has 3 nitrogen and oxygen atoms in total. The predicted molar refractivity (Wildman–Crippen MR) is 73.5 cm³/mol. The van der Waals surface area contributed by atoms with E-state index in [2.05, 4.69) is 16.9 Å². The van der Waals surface area contributed by atoms with Crippen molar-refractivity contribution in [3.05, 3.63) is 10.6 Å². The highest BCUT2D eigenvalue weighted by molar-refractivity contribution is 7.99. The van der Waals surface area contributed by atoms with Crippen LogP contribution in [0.2, 0.25) is 0 Å². The minimum atomic E-state index is 0.296. The molecule has 1 aliphatic heterocycles. The van der Waals surface area contributed by atoms with E-state index in [1.54, 1.807) is 11.3 Å². The molecule has 0 aromatic carbocycles. The second-order valence-electron chi connectivity index (χ2n) is 4.68. The van der Waals surface area contributed by atoms with E-state index in [0.29, 0.717) is 18.2 Å². The Labute approximate surface area is 110 Å². The number of thiazole rings is 1. The molecule has 17 heavy (non-hydrogen) atoms. The molecule has 92 valence electrons. The van der Waals surface area contributed by atoms with Crippen molar-refractivity contribution < 1.29 is 4.79 Å². The number of Topliss-reactive ketones (excluding diaryl/α,β-unsaturated/α-hetero) is 1. The van der Waals surface area contributed by atoms with Crippen LogP contribution in [0.3, 0.4) is 0 Å². The minimum Gasteiger partial charge on any atom is -0.347 e. The third-order valence-electron chi connectivity index (χ3n) is 3.51. The zero-order valence-electron chi connectivity index (χ0n) is 9.94. The average molecular weight is 268 g/mol. The molecule has 0 spiro atoms. The number of fused-ring (bicyclic) bond motifs is 1. The lowest BCUT2D eigenvalue weighted by Gasteiger charge is -2.22. The van der Waals surface area contributed by atoms with Gasteiger partial charge in [-0.25, -0.2) is 4.98 Å². The molecule has 0 saturated carbocycles. The first-order valence-electron chi connectivity index (χ1n) is 6.09. The number of rotatable bonds is 2. The molecule has 0 radical (unpaired) electrons. The molecule has 3 rings (SSSR count). The molecule has 5 heteroatoms. The Morgan fingerprint density at radius 2 is 2.29 bits per heavy atom. The van der Waals surface area contributed by atoms with E-state index >= 15 is 0 Å². The van der Waals surface area contributed by atoms with Crippen LogP contribution in [0.5, 0.6) is 0 Å². The fourth-order valence-corrected chi connectivity index (χ4v) is 4.77. The SMILES string of the molecule is CN(c1nc2c(s1)C(=O)CCC2)C1CCSC1. The molecule has 0 bridgehead atoms.